The Morgan fingerprint density at radius 2 is 2.12 bits per heavy atom. The standard InChI is InChI=1S/C18H16N4O2/c19-17(23)12-5-7-16-21-15-9-11(14-3-1-2-8-20-14)4-6-13(15)18(24)22(16)10-12/h1-4,6,8-9,12H,5,7,10H2,(H2,19,23). The van der Waals surface area contributed by atoms with Gasteiger partial charge in [0.1, 0.15) is 5.82 Å². The Bertz CT molecular complexity index is 995. The van der Waals surface area contributed by atoms with Crippen LogP contribution in [0.3, 0.4) is 0 Å². The molecule has 0 saturated heterocycles. The van der Waals surface area contributed by atoms with Gasteiger partial charge in [-0.3, -0.25) is 19.1 Å². The Morgan fingerprint density at radius 1 is 1.25 bits per heavy atom. The normalized spacial score (nSPS) is 16.8. The number of nitrogens with two attached hydrogens (primary N) is 1. The number of benzene rings is 1. The van der Waals surface area contributed by atoms with Crippen LogP contribution < -0.4 is 11.3 Å². The highest BCUT2D eigenvalue weighted by molar-refractivity contribution is 5.83. The van der Waals surface area contributed by atoms with Crippen LogP contribution in [0.1, 0.15) is 12.2 Å². The molecule has 1 aliphatic rings. The zero-order valence-corrected chi connectivity index (χ0v) is 13.0. The number of hydrogen-bond donors (Lipinski definition) is 1. The molecule has 24 heavy (non-hydrogen) atoms. The Morgan fingerprint density at radius 3 is 2.88 bits per heavy atom. The van der Waals surface area contributed by atoms with E-state index in [2.05, 4.69) is 9.97 Å². The lowest BCUT2D eigenvalue weighted by Crippen LogP contribution is -2.38. The lowest BCUT2D eigenvalue weighted by Gasteiger charge is -2.23. The predicted molar refractivity (Wildman–Crippen MR) is 90.2 cm³/mol. The maximum absolute atomic E-state index is 12.7. The number of pyridine rings is 1. The molecule has 0 radical (unpaired) electrons. The van der Waals surface area contributed by atoms with Crippen molar-refractivity contribution in [3.05, 3.63) is 58.8 Å². The minimum Gasteiger partial charge on any atom is -0.369 e. The van der Waals surface area contributed by atoms with Crippen molar-refractivity contribution >= 4 is 16.8 Å². The molecule has 1 aromatic carbocycles. The molecule has 1 aliphatic heterocycles. The third kappa shape index (κ3) is 2.36. The topological polar surface area (TPSA) is 90.9 Å². The van der Waals surface area contributed by atoms with Gasteiger partial charge in [0.2, 0.25) is 5.91 Å². The summed E-state index contributed by atoms with van der Waals surface area (Å²) in [5, 5.41) is 0.545. The molecule has 0 aliphatic carbocycles. The van der Waals surface area contributed by atoms with Gasteiger partial charge in [0.05, 0.1) is 22.5 Å². The number of aryl methyl sites for hydroxylation is 1. The van der Waals surface area contributed by atoms with Gasteiger partial charge in [-0.1, -0.05) is 12.1 Å². The van der Waals surface area contributed by atoms with Crippen LogP contribution in [0.5, 0.6) is 0 Å². The van der Waals surface area contributed by atoms with Crippen LogP contribution in [0.15, 0.2) is 47.4 Å². The molecular formula is C18H16N4O2. The molecule has 0 bridgehead atoms. The van der Waals surface area contributed by atoms with Crippen molar-refractivity contribution in [3.8, 4) is 11.3 Å². The highest BCUT2D eigenvalue weighted by Crippen LogP contribution is 2.23. The summed E-state index contributed by atoms with van der Waals surface area (Å²) >= 11 is 0. The average molecular weight is 320 g/mol. The van der Waals surface area contributed by atoms with E-state index >= 15 is 0 Å². The van der Waals surface area contributed by atoms with E-state index in [1.165, 1.54) is 0 Å². The van der Waals surface area contributed by atoms with Crippen molar-refractivity contribution in [2.24, 2.45) is 11.7 Å². The number of primary amides is 1. The molecule has 6 nitrogen and oxygen atoms in total. The fourth-order valence-electron chi connectivity index (χ4n) is 3.19. The Balaban J connectivity index is 1.85. The zero-order chi connectivity index (χ0) is 16.7. The van der Waals surface area contributed by atoms with Crippen LogP contribution >= 0.6 is 0 Å². The largest absolute Gasteiger partial charge is 0.369 e. The fourth-order valence-corrected chi connectivity index (χ4v) is 3.19. The highest BCUT2D eigenvalue weighted by Gasteiger charge is 2.25. The fraction of sp³-hybridized carbons (Fsp3) is 0.222. The van der Waals surface area contributed by atoms with Crippen LogP contribution in [-0.2, 0) is 17.8 Å². The summed E-state index contributed by atoms with van der Waals surface area (Å²) in [7, 11) is 0. The molecular weight excluding hydrogens is 304 g/mol. The van der Waals surface area contributed by atoms with E-state index in [1.54, 1.807) is 16.8 Å². The molecule has 2 aromatic heterocycles. The minimum absolute atomic E-state index is 0.117. The SMILES string of the molecule is NC(=O)C1CCc2nc3cc(-c4ccccn4)ccc3c(=O)n2C1. The van der Waals surface area contributed by atoms with Crippen LogP contribution in [-0.4, -0.2) is 20.4 Å². The number of carbonyl (C=O) groups excluding carboxylic acids is 1. The molecule has 3 heterocycles. The van der Waals surface area contributed by atoms with Crippen LogP contribution in [0.2, 0.25) is 0 Å². The van der Waals surface area contributed by atoms with Crippen LogP contribution in [0.25, 0.3) is 22.2 Å². The quantitative estimate of drug-likeness (QED) is 0.775. The van der Waals surface area contributed by atoms with Gasteiger partial charge in [0.15, 0.2) is 0 Å². The third-order valence-electron chi connectivity index (χ3n) is 4.52. The molecule has 6 heteroatoms. The second-order valence-corrected chi connectivity index (χ2v) is 6.03. The summed E-state index contributed by atoms with van der Waals surface area (Å²) in [5.41, 5.74) is 7.69. The predicted octanol–water partition coefficient (Wildman–Crippen LogP) is 1.51. The molecule has 0 fully saturated rings. The van der Waals surface area contributed by atoms with E-state index in [0.29, 0.717) is 36.1 Å². The summed E-state index contributed by atoms with van der Waals surface area (Å²) in [4.78, 5) is 33.1. The summed E-state index contributed by atoms with van der Waals surface area (Å²) in [6.07, 6.45) is 2.94. The van der Waals surface area contributed by atoms with Crippen molar-refractivity contribution in [2.75, 3.05) is 0 Å². The molecule has 2 N–H and O–H groups in total. The van der Waals surface area contributed by atoms with Crippen LogP contribution in [0, 0.1) is 5.92 Å². The first-order valence-corrected chi connectivity index (χ1v) is 7.87. The number of amides is 1. The summed E-state index contributed by atoms with van der Waals surface area (Å²) in [6.45, 7) is 0.314. The molecule has 0 spiro atoms. The maximum Gasteiger partial charge on any atom is 0.261 e. The van der Waals surface area contributed by atoms with E-state index in [4.69, 9.17) is 5.73 Å². The zero-order valence-electron chi connectivity index (χ0n) is 13.0. The molecule has 120 valence electrons. The Labute approximate surface area is 138 Å². The summed E-state index contributed by atoms with van der Waals surface area (Å²) in [6, 6.07) is 11.2. The van der Waals surface area contributed by atoms with Gasteiger partial charge in [-0.15, -0.1) is 0 Å². The van der Waals surface area contributed by atoms with Gasteiger partial charge in [0.25, 0.3) is 5.56 Å². The van der Waals surface area contributed by atoms with Gasteiger partial charge in [-0.25, -0.2) is 4.98 Å². The van der Waals surface area contributed by atoms with E-state index in [0.717, 1.165) is 11.3 Å². The summed E-state index contributed by atoms with van der Waals surface area (Å²) in [5.74, 6) is 0.0450. The van der Waals surface area contributed by atoms with E-state index in [-0.39, 0.29) is 17.4 Å². The first kappa shape index (κ1) is 14.6. The van der Waals surface area contributed by atoms with Crippen molar-refractivity contribution < 1.29 is 4.79 Å². The maximum atomic E-state index is 12.7. The second kappa shape index (κ2) is 5.56. The van der Waals surface area contributed by atoms with E-state index in [9.17, 15) is 9.59 Å². The number of fused-ring (bicyclic) bond motifs is 2. The number of hydrogen-bond acceptors (Lipinski definition) is 4. The average Bonchev–Trinajstić information content (AvgIpc) is 2.62. The summed E-state index contributed by atoms with van der Waals surface area (Å²) < 4.78 is 1.59. The highest BCUT2D eigenvalue weighted by atomic mass is 16.1. The van der Waals surface area contributed by atoms with Crippen molar-refractivity contribution in [1.29, 1.82) is 0 Å². The van der Waals surface area contributed by atoms with Gasteiger partial charge in [-0.05, 0) is 30.7 Å². The molecule has 4 rings (SSSR count). The minimum atomic E-state index is -0.363. The molecule has 0 saturated carbocycles. The lowest BCUT2D eigenvalue weighted by molar-refractivity contribution is -0.122. The lowest BCUT2D eigenvalue weighted by atomic mass is 9.98. The number of aromatic nitrogens is 3. The number of nitrogens with zero attached hydrogens (tertiary/aromatic N) is 3. The van der Waals surface area contributed by atoms with E-state index < -0.39 is 0 Å². The smallest absolute Gasteiger partial charge is 0.261 e. The second-order valence-electron chi connectivity index (χ2n) is 6.03. The number of rotatable bonds is 2. The van der Waals surface area contributed by atoms with Crippen LogP contribution in [0.4, 0.5) is 0 Å². The van der Waals surface area contributed by atoms with Crippen molar-refractivity contribution in [1.82, 2.24) is 14.5 Å². The van der Waals surface area contributed by atoms with Gasteiger partial charge < -0.3 is 5.73 Å². The van der Waals surface area contributed by atoms with Gasteiger partial charge in [0, 0.05) is 24.7 Å². The van der Waals surface area contributed by atoms with E-state index in [1.807, 2.05) is 30.3 Å². The van der Waals surface area contributed by atoms with Crippen molar-refractivity contribution in [2.45, 2.75) is 19.4 Å². The first-order valence-electron chi connectivity index (χ1n) is 7.87. The van der Waals surface area contributed by atoms with Gasteiger partial charge >= 0.3 is 0 Å². The first-order chi connectivity index (χ1) is 11.6. The molecule has 1 amide bonds. The Hall–Kier alpha value is -3.02. The molecule has 1 atom stereocenters. The van der Waals surface area contributed by atoms with Crippen molar-refractivity contribution in [3.63, 3.8) is 0 Å². The molecule has 1 unspecified atom stereocenters. The number of carbonyl (C=O) groups is 1. The molecule has 3 aromatic rings. The van der Waals surface area contributed by atoms with Gasteiger partial charge in [-0.2, -0.15) is 0 Å². The third-order valence-corrected chi connectivity index (χ3v) is 4.52. The Kier molecular flexibility index (Phi) is 3.37. The monoisotopic (exact) mass is 320 g/mol.